The molecule has 236 valence electrons. The molecule has 2 heterocycles. The molecule has 1 atom stereocenters. The molecule has 1 aliphatic heterocycles. The minimum absolute atomic E-state index is 0.171. The highest BCUT2D eigenvalue weighted by molar-refractivity contribution is 6.30. The number of likely N-dealkylation sites (tertiary alicyclic amines) is 1. The normalized spacial score (nSPS) is 17.0. The first kappa shape index (κ1) is 31.3. The van der Waals surface area contributed by atoms with Gasteiger partial charge < -0.3 is 5.73 Å². The average Bonchev–Trinajstić information content (AvgIpc) is 3.37. The maximum Gasteiger partial charge on any atom is 0.416 e. The van der Waals surface area contributed by atoms with Crippen LogP contribution in [0.5, 0.6) is 0 Å². The highest BCUT2D eigenvalue weighted by Crippen LogP contribution is 2.45. The Morgan fingerprint density at radius 3 is 2.29 bits per heavy atom. The van der Waals surface area contributed by atoms with Crippen LogP contribution < -0.4 is 17.0 Å². The average molecular weight is 641 g/mol. The van der Waals surface area contributed by atoms with Gasteiger partial charge in [-0.15, -0.1) is 0 Å². The number of piperidine rings is 1. The maximum absolute atomic E-state index is 15.0. The van der Waals surface area contributed by atoms with Crippen LogP contribution in [0.4, 0.5) is 17.6 Å². The van der Waals surface area contributed by atoms with Crippen molar-refractivity contribution in [2.24, 2.45) is 5.73 Å². The Bertz CT molecular complexity index is 1830. The SMILES string of the molecule is NC(Cn1c(=O)c2c(n(Cc3c(F)cccc3C(F)(F)F)c1=O)CCC21CCN(Cc2cccc(Cl)c2)CC1)c1ccccc1. The molecule has 1 aliphatic carbocycles. The van der Waals surface area contributed by atoms with Crippen molar-refractivity contribution in [3.05, 3.63) is 138 Å². The van der Waals surface area contributed by atoms with Gasteiger partial charge in [-0.3, -0.25) is 18.8 Å². The first-order valence-electron chi connectivity index (χ1n) is 15.0. The molecule has 45 heavy (non-hydrogen) atoms. The molecule has 1 aromatic heterocycles. The summed E-state index contributed by atoms with van der Waals surface area (Å²) in [7, 11) is 0. The third-order valence-corrected chi connectivity index (χ3v) is 9.60. The van der Waals surface area contributed by atoms with Gasteiger partial charge in [-0.25, -0.2) is 9.18 Å². The molecular formula is C34H33ClF4N4O2. The molecule has 0 bridgehead atoms. The van der Waals surface area contributed by atoms with Gasteiger partial charge in [0, 0.05) is 39.8 Å². The molecular weight excluding hydrogens is 608 g/mol. The second-order valence-corrected chi connectivity index (χ2v) is 12.5. The first-order chi connectivity index (χ1) is 21.5. The summed E-state index contributed by atoms with van der Waals surface area (Å²) in [5.74, 6) is -1.06. The van der Waals surface area contributed by atoms with Crippen molar-refractivity contribution in [3.63, 3.8) is 0 Å². The van der Waals surface area contributed by atoms with E-state index in [2.05, 4.69) is 4.90 Å². The van der Waals surface area contributed by atoms with Crippen LogP contribution in [0, 0.1) is 5.82 Å². The zero-order valence-electron chi connectivity index (χ0n) is 24.5. The lowest BCUT2D eigenvalue weighted by Gasteiger charge is -2.40. The van der Waals surface area contributed by atoms with Gasteiger partial charge in [-0.2, -0.15) is 13.2 Å². The van der Waals surface area contributed by atoms with Crippen molar-refractivity contribution in [1.29, 1.82) is 0 Å². The fourth-order valence-electron chi connectivity index (χ4n) is 7.02. The summed E-state index contributed by atoms with van der Waals surface area (Å²) in [4.78, 5) is 30.5. The molecule has 6 rings (SSSR count). The molecule has 3 aromatic carbocycles. The third kappa shape index (κ3) is 6.11. The lowest BCUT2D eigenvalue weighted by Crippen LogP contribution is -2.49. The van der Waals surface area contributed by atoms with Crippen LogP contribution in [-0.4, -0.2) is 27.1 Å². The number of rotatable bonds is 7. The largest absolute Gasteiger partial charge is 0.416 e. The highest BCUT2D eigenvalue weighted by Gasteiger charge is 2.46. The monoisotopic (exact) mass is 640 g/mol. The van der Waals surface area contributed by atoms with Gasteiger partial charge in [0.15, 0.2) is 0 Å². The van der Waals surface area contributed by atoms with Crippen molar-refractivity contribution in [3.8, 4) is 0 Å². The van der Waals surface area contributed by atoms with E-state index in [4.69, 9.17) is 17.3 Å². The number of hydrogen-bond acceptors (Lipinski definition) is 4. The van der Waals surface area contributed by atoms with E-state index in [1.54, 1.807) is 24.3 Å². The van der Waals surface area contributed by atoms with Crippen molar-refractivity contribution in [2.45, 2.75) is 63.0 Å². The molecule has 11 heteroatoms. The van der Waals surface area contributed by atoms with E-state index in [9.17, 15) is 22.8 Å². The summed E-state index contributed by atoms with van der Waals surface area (Å²) in [6.45, 7) is 1.22. The van der Waals surface area contributed by atoms with Gasteiger partial charge in [-0.1, -0.05) is 60.1 Å². The van der Waals surface area contributed by atoms with Crippen LogP contribution in [-0.2, 0) is 37.6 Å². The van der Waals surface area contributed by atoms with E-state index in [0.717, 1.165) is 28.3 Å². The van der Waals surface area contributed by atoms with Crippen LogP contribution in [0.1, 0.15) is 58.8 Å². The lowest BCUT2D eigenvalue weighted by molar-refractivity contribution is -0.138. The number of nitrogens with zero attached hydrogens (tertiary/aromatic N) is 3. The van der Waals surface area contributed by atoms with E-state index in [-0.39, 0.29) is 6.54 Å². The van der Waals surface area contributed by atoms with Gasteiger partial charge in [0.25, 0.3) is 5.56 Å². The van der Waals surface area contributed by atoms with Crippen LogP contribution in [0.25, 0.3) is 0 Å². The minimum Gasteiger partial charge on any atom is -0.322 e. The Morgan fingerprint density at radius 1 is 0.889 bits per heavy atom. The van der Waals surface area contributed by atoms with Gasteiger partial charge in [0.2, 0.25) is 0 Å². The van der Waals surface area contributed by atoms with Crippen LogP contribution in [0.2, 0.25) is 5.02 Å². The van der Waals surface area contributed by atoms with E-state index in [1.165, 1.54) is 4.57 Å². The zero-order valence-corrected chi connectivity index (χ0v) is 25.3. The van der Waals surface area contributed by atoms with Crippen LogP contribution in [0.3, 0.4) is 0 Å². The highest BCUT2D eigenvalue weighted by atomic mass is 35.5. The van der Waals surface area contributed by atoms with E-state index in [0.29, 0.717) is 67.2 Å². The third-order valence-electron chi connectivity index (χ3n) is 9.36. The maximum atomic E-state index is 15.0. The molecule has 0 radical (unpaired) electrons. The summed E-state index contributed by atoms with van der Waals surface area (Å²) < 4.78 is 59.2. The van der Waals surface area contributed by atoms with E-state index in [1.807, 2.05) is 30.3 Å². The Balaban J connectivity index is 1.42. The second-order valence-electron chi connectivity index (χ2n) is 12.1. The predicted octanol–water partition coefficient (Wildman–Crippen LogP) is 6.05. The molecule has 1 saturated heterocycles. The zero-order chi connectivity index (χ0) is 31.9. The van der Waals surface area contributed by atoms with E-state index < -0.39 is 52.4 Å². The number of benzene rings is 3. The molecule has 1 fully saturated rings. The number of hydrogen-bond donors (Lipinski definition) is 1. The molecule has 1 unspecified atom stereocenters. The second kappa shape index (κ2) is 12.2. The summed E-state index contributed by atoms with van der Waals surface area (Å²) in [5, 5.41) is 0.654. The number of alkyl halides is 3. The van der Waals surface area contributed by atoms with Gasteiger partial charge in [-0.05, 0) is 74.2 Å². The van der Waals surface area contributed by atoms with Crippen molar-refractivity contribution >= 4 is 11.6 Å². The summed E-state index contributed by atoms with van der Waals surface area (Å²) >= 11 is 6.18. The lowest BCUT2D eigenvalue weighted by atomic mass is 9.74. The number of fused-ring (bicyclic) bond motifs is 2. The van der Waals surface area contributed by atoms with Crippen molar-refractivity contribution in [1.82, 2.24) is 14.0 Å². The standard InChI is InChI=1S/C34H33ClF4N4O2/c35-24-9-4-6-22(18-24)19-41-16-14-33(15-17-41)13-12-29-30(33)31(44)43(21-28(40)23-7-2-1-3-8-23)32(45)42(29)20-25-26(34(37,38)39)10-5-11-27(25)36/h1-11,18,28H,12-17,19-21,40H2. The molecule has 6 nitrogen and oxygen atoms in total. The van der Waals surface area contributed by atoms with Gasteiger partial charge in [0.05, 0.1) is 18.7 Å². The Hall–Kier alpha value is -3.73. The van der Waals surface area contributed by atoms with Crippen LogP contribution in [0.15, 0.2) is 82.4 Å². The molecule has 4 aromatic rings. The van der Waals surface area contributed by atoms with Gasteiger partial charge in [0.1, 0.15) is 5.82 Å². The fourth-order valence-corrected chi connectivity index (χ4v) is 7.23. The number of aromatic nitrogens is 2. The molecule has 0 amide bonds. The molecule has 1 spiro atoms. The van der Waals surface area contributed by atoms with Crippen LogP contribution >= 0.6 is 11.6 Å². The quantitative estimate of drug-likeness (QED) is 0.250. The fraction of sp³-hybridized carbons (Fsp3) is 0.353. The number of halogens is 5. The molecule has 0 saturated carbocycles. The van der Waals surface area contributed by atoms with Crippen molar-refractivity contribution in [2.75, 3.05) is 13.1 Å². The topological polar surface area (TPSA) is 73.3 Å². The minimum atomic E-state index is -4.83. The summed E-state index contributed by atoms with van der Waals surface area (Å²) in [5.41, 5.74) is 5.44. The van der Waals surface area contributed by atoms with E-state index >= 15 is 4.39 Å². The van der Waals surface area contributed by atoms with Gasteiger partial charge >= 0.3 is 11.9 Å². The Morgan fingerprint density at radius 2 is 1.60 bits per heavy atom. The molecule has 2 aliphatic rings. The Labute approximate surface area is 262 Å². The summed E-state index contributed by atoms with van der Waals surface area (Å²) in [6.07, 6.45) is -2.67. The van der Waals surface area contributed by atoms with Crippen molar-refractivity contribution < 1.29 is 17.6 Å². The Kier molecular flexibility index (Phi) is 8.49. The summed E-state index contributed by atoms with van der Waals surface area (Å²) in [6, 6.07) is 18.7. The molecule has 2 N–H and O–H groups in total. The smallest absolute Gasteiger partial charge is 0.322 e. The first-order valence-corrected chi connectivity index (χ1v) is 15.3. The predicted molar refractivity (Wildman–Crippen MR) is 165 cm³/mol. The number of nitrogens with two attached hydrogens (primary N) is 1.